The number of nitrogens with one attached hydrogen (secondary N) is 1. The molecule has 1 amide bonds. The van der Waals surface area contributed by atoms with Crippen molar-refractivity contribution in [3.63, 3.8) is 0 Å². The number of nitrogens with two attached hydrogens (primary N) is 1. The summed E-state index contributed by atoms with van der Waals surface area (Å²) in [7, 11) is 0. The SMILES string of the molecule is CCC1CCCCC1NC(=O)CCOc1ccc(N)cc1. The molecule has 1 aliphatic rings. The number of hydrogen-bond donors (Lipinski definition) is 2. The van der Waals surface area contributed by atoms with E-state index in [1.54, 1.807) is 12.1 Å². The number of nitrogen functional groups attached to an aromatic ring is 1. The summed E-state index contributed by atoms with van der Waals surface area (Å²) in [5.41, 5.74) is 6.33. The monoisotopic (exact) mass is 290 g/mol. The summed E-state index contributed by atoms with van der Waals surface area (Å²) >= 11 is 0. The second-order valence-corrected chi connectivity index (χ2v) is 5.79. The molecule has 0 aromatic heterocycles. The largest absolute Gasteiger partial charge is 0.493 e. The maximum atomic E-state index is 12.0. The Morgan fingerprint density at radius 1 is 1.29 bits per heavy atom. The summed E-state index contributed by atoms with van der Waals surface area (Å²) in [6, 6.07) is 7.59. The van der Waals surface area contributed by atoms with Crippen molar-refractivity contribution in [3.05, 3.63) is 24.3 Å². The molecule has 0 saturated heterocycles. The lowest BCUT2D eigenvalue weighted by Gasteiger charge is -2.31. The molecule has 2 atom stereocenters. The highest BCUT2D eigenvalue weighted by Gasteiger charge is 2.24. The van der Waals surface area contributed by atoms with Gasteiger partial charge in [0.15, 0.2) is 0 Å². The molecule has 4 heteroatoms. The van der Waals surface area contributed by atoms with E-state index in [4.69, 9.17) is 10.5 Å². The van der Waals surface area contributed by atoms with Crippen molar-refractivity contribution in [1.82, 2.24) is 5.32 Å². The van der Waals surface area contributed by atoms with E-state index in [0.717, 1.165) is 18.6 Å². The number of hydrogen-bond acceptors (Lipinski definition) is 3. The number of anilines is 1. The number of benzene rings is 1. The quantitative estimate of drug-likeness (QED) is 0.791. The summed E-state index contributed by atoms with van der Waals surface area (Å²) in [6.45, 7) is 2.61. The summed E-state index contributed by atoms with van der Waals surface area (Å²) in [5, 5.41) is 3.18. The third-order valence-electron chi connectivity index (χ3n) is 4.26. The number of ether oxygens (including phenoxy) is 1. The minimum Gasteiger partial charge on any atom is -0.493 e. The van der Waals surface area contributed by atoms with Crippen molar-refractivity contribution in [2.24, 2.45) is 5.92 Å². The lowest BCUT2D eigenvalue weighted by Crippen LogP contribution is -2.42. The zero-order chi connectivity index (χ0) is 15.1. The molecule has 1 saturated carbocycles. The van der Waals surface area contributed by atoms with Crippen molar-refractivity contribution in [2.45, 2.75) is 51.5 Å². The van der Waals surface area contributed by atoms with Gasteiger partial charge in [-0.15, -0.1) is 0 Å². The van der Waals surface area contributed by atoms with Crippen LogP contribution in [0.5, 0.6) is 5.75 Å². The lowest BCUT2D eigenvalue weighted by atomic mass is 9.83. The molecule has 1 aromatic rings. The minimum atomic E-state index is 0.0933. The van der Waals surface area contributed by atoms with E-state index in [1.807, 2.05) is 12.1 Å². The van der Waals surface area contributed by atoms with Crippen LogP contribution in [0.2, 0.25) is 0 Å². The topological polar surface area (TPSA) is 64.3 Å². The van der Waals surface area contributed by atoms with E-state index in [1.165, 1.54) is 19.3 Å². The van der Waals surface area contributed by atoms with Crippen LogP contribution in [0, 0.1) is 5.92 Å². The first-order valence-electron chi connectivity index (χ1n) is 7.96. The van der Waals surface area contributed by atoms with E-state index in [9.17, 15) is 4.79 Å². The van der Waals surface area contributed by atoms with E-state index in [2.05, 4.69) is 12.2 Å². The minimum absolute atomic E-state index is 0.0933. The first-order valence-corrected chi connectivity index (χ1v) is 7.96. The number of amides is 1. The molecule has 0 radical (unpaired) electrons. The highest BCUT2D eigenvalue weighted by atomic mass is 16.5. The van der Waals surface area contributed by atoms with Gasteiger partial charge in [-0.1, -0.05) is 26.2 Å². The Hall–Kier alpha value is -1.71. The Labute approximate surface area is 127 Å². The van der Waals surface area contributed by atoms with Crippen molar-refractivity contribution in [3.8, 4) is 5.75 Å². The summed E-state index contributed by atoms with van der Waals surface area (Å²) in [4.78, 5) is 12.0. The molecule has 4 nitrogen and oxygen atoms in total. The Bertz CT molecular complexity index is 445. The molecule has 0 heterocycles. The Morgan fingerprint density at radius 2 is 2.00 bits per heavy atom. The van der Waals surface area contributed by atoms with Gasteiger partial charge in [0.25, 0.3) is 0 Å². The van der Waals surface area contributed by atoms with Crippen LogP contribution in [-0.4, -0.2) is 18.6 Å². The van der Waals surface area contributed by atoms with Gasteiger partial charge in [0.05, 0.1) is 13.0 Å². The molecular formula is C17H26N2O2. The smallest absolute Gasteiger partial charge is 0.223 e. The molecule has 0 spiro atoms. The van der Waals surface area contributed by atoms with Crippen LogP contribution in [0.4, 0.5) is 5.69 Å². The van der Waals surface area contributed by atoms with Gasteiger partial charge in [0.2, 0.25) is 5.91 Å². The Balaban J connectivity index is 1.70. The standard InChI is InChI=1S/C17H26N2O2/c1-2-13-5-3-4-6-16(13)19-17(20)11-12-21-15-9-7-14(18)8-10-15/h7-10,13,16H,2-6,11-12,18H2,1H3,(H,19,20). The fourth-order valence-electron chi connectivity index (χ4n) is 2.99. The fourth-order valence-corrected chi connectivity index (χ4v) is 2.99. The number of carbonyl (C=O) groups excluding carboxylic acids is 1. The third-order valence-corrected chi connectivity index (χ3v) is 4.26. The zero-order valence-electron chi connectivity index (χ0n) is 12.8. The summed E-state index contributed by atoms with van der Waals surface area (Å²) in [6.07, 6.45) is 6.42. The van der Waals surface area contributed by atoms with Crippen molar-refractivity contribution in [2.75, 3.05) is 12.3 Å². The second-order valence-electron chi connectivity index (χ2n) is 5.79. The average molecular weight is 290 g/mol. The first-order chi connectivity index (χ1) is 10.2. The van der Waals surface area contributed by atoms with Crippen LogP contribution in [0.1, 0.15) is 45.4 Å². The highest BCUT2D eigenvalue weighted by molar-refractivity contribution is 5.76. The van der Waals surface area contributed by atoms with E-state index in [0.29, 0.717) is 30.7 Å². The van der Waals surface area contributed by atoms with Crippen molar-refractivity contribution < 1.29 is 9.53 Å². The molecule has 2 unspecified atom stereocenters. The van der Waals surface area contributed by atoms with Crippen LogP contribution in [0.25, 0.3) is 0 Å². The van der Waals surface area contributed by atoms with Gasteiger partial charge in [0.1, 0.15) is 5.75 Å². The Morgan fingerprint density at radius 3 is 2.71 bits per heavy atom. The average Bonchev–Trinajstić information content (AvgIpc) is 2.50. The van der Waals surface area contributed by atoms with Gasteiger partial charge in [-0.25, -0.2) is 0 Å². The summed E-state index contributed by atoms with van der Waals surface area (Å²) < 4.78 is 5.56. The third kappa shape index (κ3) is 4.96. The maximum absolute atomic E-state index is 12.0. The van der Waals surface area contributed by atoms with Gasteiger partial charge >= 0.3 is 0 Å². The van der Waals surface area contributed by atoms with Crippen LogP contribution in [-0.2, 0) is 4.79 Å². The lowest BCUT2D eigenvalue weighted by molar-refractivity contribution is -0.122. The molecule has 1 aliphatic carbocycles. The normalized spacial score (nSPS) is 21.8. The number of carbonyl (C=O) groups is 1. The Kier molecular flexibility index (Phi) is 5.90. The van der Waals surface area contributed by atoms with E-state index < -0.39 is 0 Å². The van der Waals surface area contributed by atoms with Crippen LogP contribution in [0.3, 0.4) is 0 Å². The number of rotatable bonds is 6. The van der Waals surface area contributed by atoms with Crippen LogP contribution >= 0.6 is 0 Å². The molecule has 21 heavy (non-hydrogen) atoms. The molecule has 0 aliphatic heterocycles. The fraction of sp³-hybridized carbons (Fsp3) is 0.588. The predicted molar refractivity (Wildman–Crippen MR) is 85.1 cm³/mol. The molecular weight excluding hydrogens is 264 g/mol. The van der Waals surface area contributed by atoms with Gasteiger partial charge in [-0.2, -0.15) is 0 Å². The molecule has 1 fully saturated rings. The molecule has 116 valence electrons. The second kappa shape index (κ2) is 7.91. The highest BCUT2D eigenvalue weighted by Crippen LogP contribution is 2.26. The molecule has 0 bridgehead atoms. The molecule has 1 aromatic carbocycles. The predicted octanol–water partition coefficient (Wildman–Crippen LogP) is 3.12. The van der Waals surface area contributed by atoms with E-state index in [-0.39, 0.29) is 5.91 Å². The first kappa shape index (κ1) is 15.7. The molecule has 2 rings (SSSR count). The van der Waals surface area contributed by atoms with Gasteiger partial charge < -0.3 is 15.8 Å². The molecule has 3 N–H and O–H groups in total. The maximum Gasteiger partial charge on any atom is 0.223 e. The van der Waals surface area contributed by atoms with Gasteiger partial charge in [0, 0.05) is 11.7 Å². The van der Waals surface area contributed by atoms with Gasteiger partial charge in [-0.05, 0) is 43.0 Å². The van der Waals surface area contributed by atoms with Crippen molar-refractivity contribution >= 4 is 11.6 Å². The zero-order valence-corrected chi connectivity index (χ0v) is 12.8. The van der Waals surface area contributed by atoms with Crippen molar-refractivity contribution in [1.29, 1.82) is 0 Å². The summed E-state index contributed by atoms with van der Waals surface area (Å²) in [5.74, 6) is 1.48. The van der Waals surface area contributed by atoms with Crippen LogP contribution < -0.4 is 15.8 Å². The van der Waals surface area contributed by atoms with E-state index >= 15 is 0 Å². The van der Waals surface area contributed by atoms with Gasteiger partial charge in [-0.3, -0.25) is 4.79 Å². The van der Waals surface area contributed by atoms with Crippen LogP contribution in [0.15, 0.2) is 24.3 Å².